The second kappa shape index (κ2) is 7.49. The van der Waals surface area contributed by atoms with Crippen LogP contribution in [0.4, 0.5) is 0 Å². The van der Waals surface area contributed by atoms with Crippen molar-refractivity contribution in [2.75, 3.05) is 5.75 Å². The van der Waals surface area contributed by atoms with E-state index in [4.69, 9.17) is 11.6 Å². The molecule has 3 nitrogen and oxygen atoms in total. The number of thioether (sulfide) groups is 1. The van der Waals surface area contributed by atoms with Crippen molar-refractivity contribution in [1.82, 2.24) is 14.8 Å². The molecule has 3 aromatic rings. The van der Waals surface area contributed by atoms with Crippen LogP contribution in [0.15, 0.2) is 72.4 Å². The lowest BCUT2D eigenvalue weighted by Gasteiger charge is -2.10. The lowest BCUT2D eigenvalue weighted by atomic mass is 10.1. The van der Waals surface area contributed by atoms with Crippen molar-refractivity contribution in [3.63, 3.8) is 0 Å². The molecular weight excluding hydrogens is 326 g/mol. The predicted molar refractivity (Wildman–Crippen MR) is 96.5 cm³/mol. The summed E-state index contributed by atoms with van der Waals surface area (Å²) < 4.78 is 2.06. The second-order valence-corrected chi connectivity index (χ2v) is 6.40. The van der Waals surface area contributed by atoms with E-state index in [0.717, 1.165) is 28.8 Å². The first-order valence-corrected chi connectivity index (χ1v) is 8.62. The molecule has 1 aromatic heterocycles. The highest BCUT2D eigenvalue weighted by Gasteiger charge is 2.14. The Kier molecular flexibility index (Phi) is 5.16. The van der Waals surface area contributed by atoms with Gasteiger partial charge in [-0.1, -0.05) is 65.8 Å². The Morgan fingerprint density at radius 2 is 1.91 bits per heavy atom. The number of halogens is 1. The highest BCUT2D eigenvalue weighted by Crippen LogP contribution is 2.25. The van der Waals surface area contributed by atoms with E-state index in [1.54, 1.807) is 11.8 Å². The maximum atomic E-state index is 6.15. The van der Waals surface area contributed by atoms with E-state index in [1.165, 1.54) is 5.56 Å². The summed E-state index contributed by atoms with van der Waals surface area (Å²) in [6.07, 6.45) is 2.58. The SMILES string of the molecule is C=CCSc1nnc(Cc2ccccc2)n1-c1cccc(Cl)c1. The third-order valence-electron chi connectivity index (χ3n) is 3.30. The smallest absolute Gasteiger partial charge is 0.196 e. The van der Waals surface area contributed by atoms with Gasteiger partial charge >= 0.3 is 0 Å². The van der Waals surface area contributed by atoms with Gasteiger partial charge in [-0.15, -0.1) is 16.8 Å². The molecule has 0 saturated carbocycles. The van der Waals surface area contributed by atoms with Crippen molar-refractivity contribution in [1.29, 1.82) is 0 Å². The van der Waals surface area contributed by atoms with Crippen LogP contribution in [-0.4, -0.2) is 20.5 Å². The Labute approximate surface area is 145 Å². The molecule has 0 aliphatic carbocycles. The zero-order valence-electron chi connectivity index (χ0n) is 12.5. The molecule has 23 heavy (non-hydrogen) atoms. The van der Waals surface area contributed by atoms with E-state index in [2.05, 4.69) is 33.5 Å². The first-order valence-electron chi connectivity index (χ1n) is 7.26. The van der Waals surface area contributed by atoms with Crippen LogP contribution < -0.4 is 0 Å². The molecule has 5 heteroatoms. The van der Waals surface area contributed by atoms with Gasteiger partial charge in [-0.05, 0) is 23.8 Å². The molecule has 0 atom stereocenters. The Morgan fingerprint density at radius 3 is 2.65 bits per heavy atom. The van der Waals surface area contributed by atoms with Crippen molar-refractivity contribution in [2.24, 2.45) is 0 Å². The third kappa shape index (κ3) is 3.84. The lowest BCUT2D eigenvalue weighted by molar-refractivity contribution is 0.849. The van der Waals surface area contributed by atoms with Gasteiger partial charge in [-0.2, -0.15) is 0 Å². The molecule has 1 heterocycles. The topological polar surface area (TPSA) is 30.7 Å². The fourth-order valence-electron chi connectivity index (χ4n) is 2.29. The average Bonchev–Trinajstić information content (AvgIpc) is 2.96. The predicted octanol–water partition coefficient (Wildman–Crippen LogP) is 4.79. The van der Waals surface area contributed by atoms with Gasteiger partial charge in [-0.25, -0.2) is 0 Å². The summed E-state index contributed by atoms with van der Waals surface area (Å²) in [6, 6.07) is 18.0. The van der Waals surface area contributed by atoms with Crippen molar-refractivity contribution in [3.8, 4) is 5.69 Å². The third-order valence-corrected chi connectivity index (χ3v) is 4.46. The number of benzene rings is 2. The molecule has 0 aliphatic rings. The van der Waals surface area contributed by atoms with E-state index in [0.29, 0.717) is 5.02 Å². The molecule has 0 bridgehead atoms. The van der Waals surface area contributed by atoms with Crippen LogP contribution in [0.25, 0.3) is 5.69 Å². The molecule has 0 amide bonds. The monoisotopic (exact) mass is 341 g/mol. The zero-order chi connectivity index (χ0) is 16.1. The minimum atomic E-state index is 0.696. The normalized spacial score (nSPS) is 10.7. The fraction of sp³-hybridized carbons (Fsp3) is 0.111. The van der Waals surface area contributed by atoms with Gasteiger partial charge < -0.3 is 0 Å². The minimum absolute atomic E-state index is 0.696. The highest BCUT2D eigenvalue weighted by atomic mass is 35.5. The summed E-state index contributed by atoms with van der Waals surface area (Å²) in [6.45, 7) is 3.77. The maximum absolute atomic E-state index is 6.15. The summed E-state index contributed by atoms with van der Waals surface area (Å²) >= 11 is 7.76. The summed E-state index contributed by atoms with van der Waals surface area (Å²) in [5, 5.41) is 10.3. The number of nitrogens with zero attached hydrogens (tertiary/aromatic N) is 3. The van der Waals surface area contributed by atoms with E-state index in [9.17, 15) is 0 Å². The summed E-state index contributed by atoms with van der Waals surface area (Å²) in [5.41, 5.74) is 2.17. The van der Waals surface area contributed by atoms with Gasteiger partial charge in [0.2, 0.25) is 0 Å². The highest BCUT2D eigenvalue weighted by molar-refractivity contribution is 7.99. The van der Waals surface area contributed by atoms with Crippen LogP contribution in [0.5, 0.6) is 0 Å². The molecule has 0 unspecified atom stereocenters. The Balaban J connectivity index is 2.02. The molecule has 2 aromatic carbocycles. The summed E-state index contributed by atoms with van der Waals surface area (Å²) in [7, 11) is 0. The molecule has 0 N–H and O–H groups in total. The van der Waals surface area contributed by atoms with Gasteiger partial charge in [0.25, 0.3) is 0 Å². The molecule has 0 spiro atoms. The fourth-order valence-corrected chi connectivity index (χ4v) is 3.18. The van der Waals surface area contributed by atoms with Crippen LogP contribution >= 0.6 is 23.4 Å². The Hall–Kier alpha value is -2.04. The summed E-state index contributed by atoms with van der Waals surface area (Å²) in [4.78, 5) is 0. The van der Waals surface area contributed by atoms with Crippen LogP contribution in [-0.2, 0) is 6.42 Å². The van der Waals surface area contributed by atoms with E-state index < -0.39 is 0 Å². The van der Waals surface area contributed by atoms with Gasteiger partial charge in [0.15, 0.2) is 5.16 Å². The van der Waals surface area contributed by atoms with E-state index >= 15 is 0 Å². The van der Waals surface area contributed by atoms with Crippen LogP contribution in [0, 0.1) is 0 Å². The quantitative estimate of drug-likeness (QED) is 0.477. The molecule has 3 rings (SSSR count). The van der Waals surface area contributed by atoms with Gasteiger partial charge in [-0.3, -0.25) is 4.57 Å². The number of hydrogen-bond acceptors (Lipinski definition) is 3. The minimum Gasteiger partial charge on any atom is -0.274 e. The molecule has 0 saturated heterocycles. The van der Waals surface area contributed by atoms with E-state index in [1.807, 2.05) is 48.5 Å². The largest absolute Gasteiger partial charge is 0.274 e. The van der Waals surface area contributed by atoms with Crippen molar-refractivity contribution >= 4 is 23.4 Å². The van der Waals surface area contributed by atoms with Gasteiger partial charge in [0, 0.05) is 17.2 Å². The first kappa shape index (κ1) is 15.8. The number of hydrogen-bond donors (Lipinski definition) is 0. The van der Waals surface area contributed by atoms with E-state index in [-0.39, 0.29) is 0 Å². The van der Waals surface area contributed by atoms with Gasteiger partial charge in [0.05, 0.1) is 5.69 Å². The molecular formula is C18H16ClN3S. The van der Waals surface area contributed by atoms with Crippen LogP contribution in [0.1, 0.15) is 11.4 Å². The molecule has 0 radical (unpaired) electrons. The molecule has 0 fully saturated rings. The van der Waals surface area contributed by atoms with Gasteiger partial charge in [0.1, 0.15) is 5.82 Å². The second-order valence-electron chi connectivity index (χ2n) is 4.98. The Morgan fingerprint density at radius 1 is 1.09 bits per heavy atom. The Bertz CT molecular complexity index is 799. The summed E-state index contributed by atoms with van der Waals surface area (Å²) in [5.74, 6) is 1.68. The maximum Gasteiger partial charge on any atom is 0.196 e. The van der Waals surface area contributed by atoms with Crippen molar-refractivity contribution in [3.05, 3.63) is 83.7 Å². The van der Waals surface area contributed by atoms with Crippen LogP contribution in [0.3, 0.4) is 0 Å². The number of rotatable bonds is 6. The average molecular weight is 342 g/mol. The van der Waals surface area contributed by atoms with Crippen LogP contribution in [0.2, 0.25) is 5.02 Å². The lowest BCUT2D eigenvalue weighted by Crippen LogP contribution is -2.04. The molecule has 0 aliphatic heterocycles. The van der Waals surface area contributed by atoms with Crippen molar-refractivity contribution < 1.29 is 0 Å². The number of aromatic nitrogens is 3. The standard InChI is InChI=1S/C18H16ClN3S/c1-2-11-23-18-21-20-17(12-14-7-4-3-5-8-14)22(18)16-10-6-9-15(19)13-16/h2-10,13H,1,11-12H2. The van der Waals surface area contributed by atoms with Crippen molar-refractivity contribution in [2.45, 2.75) is 11.6 Å². The zero-order valence-corrected chi connectivity index (χ0v) is 14.1. The first-order chi connectivity index (χ1) is 11.3. The molecule has 116 valence electrons.